The normalized spacial score (nSPS) is 24.8. The van der Waals surface area contributed by atoms with Crippen LogP contribution in [-0.2, 0) is 9.59 Å². The quantitative estimate of drug-likeness (QED) is 0.629. The average Bonchev–Trinajstić information content (AvgIpc) is 3.07. The van der Waals surface area contributed by atoms with E-state index >= 15 is 0 Å². The van der Waals surface area contributed by atoms with E-state index in [4.69, 9.17) is 5.73 Å². The molecule has 2 saturated carbocycles. The second-order valence-electron chi connectivity index (χ2n) is 5.54. The van der Waals surface area contributed by atoms with Gasteiger partial charge < -0.3 is 16.2 Å². The summed E-state index contributed by atoms with van der Waals surface area (Å²) in [4.78, 5) is 23.0. The first-order valence-corrected chi connectivity index (χ1v) is 6.23. The van der Waals surface area contributed by atoms with E-state index in [2.05, 4.69) is 5.32 Å². The van der Waals surface area contributed by atoms with Crippen molar-refractivity contribution in [2.45, 2.75) is 50.6 Å². The maximum atomic E-state index is 11.8. The second kappa shape index (κ2) is 4.29. The zero-order chi connectivity index (χ0) is 12.6. The molecule has 0 aliphatic heterocycles. The minimum atomic E-state index is -1.11. The molecule has 0 saturated heterocycles. The molecule has 0 aromatic rings. The highest BCUT2D eigenvalue weighted by atomic mass is 16.4. The van der Waals surface area contributed by atoms with Gasteiger partial charge in [-0.05, 0) is 44.4 Å². The predicted octanol–water partition coefficient (Wildman–Crippen LogP) is 0.483. The number of carboxylic acid groups (broad SMARTS) is 1. The number of rotatable bonds is 6. The van der Waals surface area contributed by atoms with Gasteiger partial charge in [0.1, 0.15) is 5.54 Å². The fourth-order valence-corrected chi connectivity index (χ4v) is 2.24. The molecule has 0 radical (unpaired) electrons. The van der Waals surface area contributed by atoms with Crippen LogP contribution < -0.4 is 11.1 Å². The highest BCUT2D eigenvalue weighted by Gasteiger charge is 2.48. The summed E-state index contributed by atoms with van der Waals surface area (Å²) in [5, 5.41) is 11.9. The molecule has 0 spiro atoms. The van der Waals surface area contributed by atoms with Gasteiger partial charge in [-0.15, -0.1) is 0 Å². The third-order valence-corrected chi connectivity index (χ3v) is 3.89. The molecule has 4 N–H and O–H groups in total. The van der Waals surface area contributed by atoms with Crippen molar-refractivity contribution in [3.05, 3.63) is 0 Å². The van der Waals surface area contributed by atoms with E-state index in [1.165, 1.54) is 0 Å². The largest absolute Gasteiger partial charge is 0.480 e. The summed E-state index contributed by atoms with van der Waals surface area (Å²) >= 11 is 0. The number of carbonyl (C=O) groups is 2. The van der Waals surface area contributed by atoms with Crippen LogP contribution in [0.5, 0.6) is 0 Å². The number of carbonyl (C=O) groups excluding carboxylic acids is 1. The Labute approximate surface area is 101 Å². The van der Waals surface area contributed by atoms with Crippen molar-refractivity contribution in [1.82, 2.24) is 5.32 Å². The van der Waals surface area contributed by atoms with Crippen molar-refractivity contribution < 1.29 is 14.7 Å². The number of aliphatic carboxylic acids is 1. The Morgan fingerprint density at radius 3 is 2.41 bits per heavy atom. The fraction of sp³-hybridized carbons (Fsp3) is 0.833. The molecular weight excluding hydrogens is 220 g/mol. The highest BCUT2D eigenvalue weighted by molar-refractivity contribution is 5.87. The number of hydrogen-bond acceptors (Lipinski definition) is 3. The lowest BCUT2D eigenvalue weighted by molar-refractivity contribution is -0.148. The first kappa shape index (κ1) is 12.4. The lowest BCUT2D eigenvalue weighted by Crippen LogP contribution is -2.54. The van der Waals surface area contributed by atoms with Gasteiger partial charge in [-0.2, -0.15) is 0 Å². The van der Waals surface area contributed by atoms with Crippen LogP contribution in [0.2, 0.25) is 0 Å². The van der Waals surface area contributed by atoms with Gasteiger partial charge in [0, 0.05) is 12.5 Å². The molecule has 0 aromatic carbocycles. The molecule has 2 rings (SSSR count). The van der Waals surface area contributed by atoms with Gasteiger partial charge in [0.25, 0.3) is 0 Å². The van der Waals surface area contributed by atoms with E-state index in [9.17, 15) is 14.7 Å². The van der Waals surface area contributed by atoms with Gasteiger partial charge in [0.2, 0.25) is 5.91 Å². The van der Waals surface area contributed by atoms with Crippen molar-refractivity contribution in [3.8, 4) is 0 Å². The zero-order valence-corrected chi connectivity index (χ0v) is 10.1. The smallest absolute Gasteiger partial charge is 0.329 e. The maximum absolute atomic E-state index is 11.8. The lowest BCUT2D eigenvalue weighted by atomic mass is 9.95. The van der Waals surface area contributed by atoms with Crippen molar-refractivity contribution >= 4 is 11.9 Å². The minimum Gasteiger partial charge on any atom is -0.480 e. The van der Waals surface area contributed by atoms with Crippen LogP contribution in [0.15, 0.2) is 0 Å². The van der Waals surface area contributed by atoms with Gasteiger partial charge in [0.15, 0.2) is 0 Å². The predicted molar refractivity (Wildman–Crippen MR) is 62.2 cm³/mol. The van der Waals surface area contributed by atoms with Crippen LogP contribution in [0.25, 0.3) is 0 Å². The third kappa shape index (κ3) is 2.77. The van der Waals surface area contributed by atoms with E-state index < -0.39 is 11.5 Å². The number of nitrogens with one attached hydrogen (secondary N) is 1. The van der Waals surface area contributed by atoms with E-state index in [1.54, 1.807) is 6.92 Å². The van der Waals surface area contributed by atoms with E-state index in [1.807, 2.05) is 0 Å². The van der Waals surface area contributed by atoms with Crippen LogP contribution in [0.3, 0.4) is 0 Å². The summed E-state index contributed by atoms with van der Waals surface area (Å²) in [6.45, 7) is 1.59. The SMILES string of the molecule is CC(NC(=O)CC(N)C1CC1)(C(=O)O)C1CC1. The molecule has 2 fully saturated rings. The number of carboxylic acids is 1. The molecule has 5 heteroatoms. The van der Waals surface area contributed by atoms with Gasteiger partial charge in [-0.25, -0.2) is 4.79 Å². The van der Waals surface area contributed by atoms with Crippen LogP contribution in [0, 0.1) is 11.8 Å². The molecule has 0 heterocycles. The Balaban J connectivity index is 1.88. The Morgan fingerprint density at radius 1 is 1.41 bits per heavy atom. The Kier molecular flexibility index (Phi) is 3.12. The Morgan fingerprint density at radius 2 is 2.00 bits per heavy atom. The minimum absolute atomic E-state index is 0.0705. The van der Waals surface area contributed by atoms with Crippen molar-refractivity contribution in [2.75, 3.05) is 0 Å². The average molecular weight is 240 g/mol. The molecule has 0 aromatic heterocycles. The standard InChI is InChI=1S/C12H20N2O3/c1-12(11(16)17,8-4-5-8)14-10(15)6-9(13)7-2-3-7/h7-9H,2-6,13H2,1H3,(H,14,15)(H,16,17). The summed E-state index contributed by atoms with van der Waals surface area (Å²) < 4.78 is 0. The van der Waals surface area contributed by atoms with Gasteiger partial charge in [-0.3, -0.25) is 4.79 Å². The monoisotopic (exact) mass is 240 g/mol. The molecule has 0 bridgehead atoms. The molecule has 96 valence electrons. The van der Waals surface area contributed by atoms with Crippen LogP contribution in [-0.4, -0.2) is 28.6 Å². The summed E-state index contributed by atoms with van der Waals surface area (Å²) in [7, 11) is 0. The molecule has 17 heavy (non-hydrogen) atoms. The maximum Gasteiger partial charge on any atom is 0.329 e. The number of nitrogens with two attached hydrogens (primary N) is 1. The Hall–Kier alpha value is -1.10. The van der Waals surface area contributed by atoms with E-state index in [-0.39, 0.29) is 24.3 Å². The van der Waals surface area contributed by atoms with Gasteiger partial charge in [0.05, 0.1) is 0 Å². The summed E-state index contributed by atoms with van der Waals surface area (Å²) in [6.07, 6.45) is 4.16. The highest BCUT2D eigenvalue weighted by Crippen LogP contribution is 2.40. The third-order valence-electron chi connectivity index (χ3n) is 3.89. The molecule has 2 aliphatic carbocycles. The van der Waals surface area contributed by atoms with Crippen molar-refractivity contribution in [1.29, 1.82) is 0 Å². The molecule has 5 nitrogen and oxygen atoms in total. The van der Waals surface area contributed by atoms with Crippen molar-refractivity contribution in [2.24, 2.45) is 17.6 Å². The molecule has 1 amide bonds. The van der Waals surface area contributed by atoms with Gasteiger partial charge in [-0.1, -0.05) is 0 Å². The van der Waals surface area contributed by atoms with E-state index in [0.29, 0.717) is 5.92 Å². The first-order valence-electron chi connectivity index (χ1n) is 6.23. The van der Waals surface area contributed by atoms with E-state index in [0.717, 1.165) is 25.7 Å². The zero-order valence-electron chi connectivity index (χ0n) is 10.1. The van der Waals surface area contributed by atoms with Gasteiger partial charge >= 0.3 is 5.97 Å². The summed E-state index contributed by atoms with van der Waals surface area (Å²) in [6, 6.07) is -0.118. The molecule has 2 atom stereocenters. The molecule has 2 aliphatic rings. The second-order valence-corrected chi connectivity index (χ2v) is 5.54. The van der Waals surface area contributed by atoms with Crippen molar-refractivity contribution in [3.63, 3.8) is 0 Å². The molecule has 2 unspecified atom stereocenters. The number of hydrogen-bond donors (Lipinski definition) is 3. The first-order chi connectivity index (χ1) is 7.93. The topological polar surface area (TPSA) is 92.4 Å². The summed E-state index contributed by atoms with van der Waals surface area (Å²) in [5.41, 5.74) is 4.75. The Bertz CT molecular complexity index is 337. The summed E-state index contributed by atoms with van der Waals surface area (Å²) in [5.74, 6) is -0.659. The van der Waals surface area contributed by atoms with Crippen LogP contribution in [0.4, 0.5) is 0 Å². The lowest BCUT2D eigenvalue weighted by Gasteiger charge is -2.26. The molecular formula is C12H20N2O3. The van der Waals surface area contributed by atoms with Crippen LogP contribution >= 0.6 is 0 Å². The number of amides is 1. The fourth-order valence-electron chi connectivity index (χ4n) is 2.24. The van der Waals surface area contributed by atoms with Crippen LogP contribution in [0.1, 0.15) is 39.0 Å².